The minimum atomic E-state index is -0.101. The van der Waals surface area contributed by atoms with Crippen LogP contribution in [0.3, 0.4) is 0 Å². The van der Waals surface area contributed by atoms with Crippen molar-refractivity contribution in [2.24, 2.45) is 0 Å². The number of benzene rings is 1. The van der Waals surface area contributed by atoms with Crippen molar-refractivity contribution in [1.82, 2.24) is 4.90 Å². The third-order valence-electron chi connectivity index (χ3n) is 2.92. The van der Waals surface area contributed by atoms with Crippen molar-refractivity contribution >= 4 is 0 Å². The Morgan fingerprint density at radius 3 is 2.74 bits per heavy atom. The summed E-state index contributed by atoms with van der Waals surface area (Å²) in [4.78, 5) is 2.33. The van der Waals surface area contributed by atoms with Crippen LogP contribution in [0.4, 0.5) is 0 Å². The molecule has 0 saturated heterocycles. The molecule has 0 saturated carbocycles. The predicted molar refractivity (Wildman–Crippen MR) is 77.8 cm³/mol. The average molecular weight is 261 g/mol. The summed E-state index contributed by atoms with van der Waals surface area (Å²) in [6.45, 7) is 8.34. The molecule has 1 N–H and O–H groups in total. The molecule has 0 spiro atoms. The van der Waals surface area contributed by atoms with Gasteiger partial charge in [0.2, 0.25) is 0 Å². The third kappa shape index (κ3) is 5.89. The highest BCUT2D eigenvalue weighted by atomic mass is 16.5. The standard InChI is InChI=1S/C16H23NO2/c1-3-17(11-13-19-4-2)14-16-9-6-5-8-15(16)10-7-12-18/h5-6,8-9,18H,3-4,11-14H2,1-2H3. The van der Waals surface area contributed by atoms with E-state index in [0.29, 0.717) is 0 Å². The molecule has 0 aliphatic rings. The number of hydrogen-bond donors (Lipinski definition) is 1. The summed E-state index contributed by atoms with van der Waals surface area (Å²) in [5.74, 6) is 5.71. The van der Waals surface area contributed by atoms with E-state index in [1.165, 1.54) is 5.56 Å². The molecule has 0 amide bonds. The van der Waals surface area contributed by atoms with Crippen LogP contribution in [0.5, 0.6) is 0 Å². The molecule has 0 aromatic heterocycles. The molecular weight excluding hydrogens is 238 g/mol. The van der Waals surface area contributed by atoms with Gasteiger partial charge in [-0.3, -0.25) is 4.90 Å². The number of ether oxygens (including phenoxy) is 1. The zero-order valence-corrected chi connectivity index (χ0v) is 11.9. The van der Waals surface area contributed by atoms with E-state index in [0.717, 1.165) is 38.4 Å². The van der Waals surface area contributed by atoms with Gasteiger partial charge in [0, 0.05) is 25.3 Å². The third-order valence-corrected chi connectivity index (χ3v) is 2.92. The van der Waals surface area contributed by atoms with Gasteiger partial charge in [-0.15, -0.1) is 0 Å². The fourth-order valence-electron chi connectivity index (χ4n) is 1.84. The monoisotopic (exact) mass is 261 g/mol. The van der Waals surface area contributed by atoms with E-state index in [9.17, 15) is 0 Å². The largest absolute Gasteiger partial charge is 0.384 e. The molecule has 0 radical (unpaired) electrons. The molecule has 0 unspecified atom stereocenters. The summed E-state index contributed by atoms with van der Waals surface area (Å²) in [5.41, 5.74) is 2.19. The molecule has 0 aliphatic carbocycles. The van der Waals surface area contributed by atoms with E-state index in [-0.39, 0.29) is 6.61 Å². The molecule has 1 rings (SSSR count). The van der Waals surface area contributed by atoms with Gasteiger partial charge >= 0.3 is 0 Å². The van der Waals surface area contributed by atoms with Crippen molar-refractivity contribution in [2.45, 2.75) is 20.4 Å². The molecule has 3 heteroatoms. The first-order valence-corrected chi connectivity index (χ1v) is 6.79. The maximum Gasteiger partial charge on any atom is 0.104 e. The van der Waals surface area contributed by atoms with Gasteiger partial charge in [-0.25, -0.2) is 0 Å². The lowest BCUT2D eigenvalue weighted by Gasteiger charge is -2.21. The van der Waals surface area contributed by atoms with E-state index in [4.69, 9.17) is 9.84 Å². The number of hydrogen-bond acceptors (Lipinski definition) is 3. The van der Waals surface area contributed by atoms with Gasteiger partial charge in [-0.1, -0.05) is 37.0 Å². The summed E-state index contributed by atoms with van der Waals surface area (Å²) in [7, 11) is 0. The molecule has 1 aromatic carbocycles. The van der Waals surface area contributed by atoms with Crippen LogP contribution in [0.15, 0.2) is 24.3 Å². The van der Waals surface area contributed by atoms with Crippen molar-refractivity contribution < 1.29 is 9.84 Å². The number of nitrogens with zero attached hydrogens (tertiary/aromatic N) is 1. The van der Waals surface area contributed by atoms with Gasteiger partial charge in [-0.2, -0.15) is 0 Å². The number of likely N-dealkylation sites (N-methyl/N-ethyl adjacent to an activating group) is 1. The van der Waals surface area contributed by atoms with Gasteiger partial charge in [0.05, 0.1) is 6.61 Å². The minimum Gasteiger partial charge on any atom is -0.384 e. The molecule has 104 valence electrons. The maximum atomic E-state index is 8.79. The average Bonchev–Trinajstić information content (AvgIpc) is 2.45. The van der Waals surface area contributed by atoms with Crippen molar-refractivity contribution in [1.29, 1.82) is 0 Å². The summed E-state index contributed by atoms with van der Waals surface area (Å²) >= 11 is 0. The van der Waals surface area contributed by atoms with E-state index in [1.54, 1.807) is 0 Å². The van der Waals surface area contributed by atoms with Crippen LogP contribution in [0, 0.1) is 11.8 Å². The zero-order valence-electron chi connectivity index (χ0n) is 11.9. The van der Waals surface area contributed by atoms with Crippen molar-refractivity contribution in [3.05, 3.63) is 35.4 Å². The van der Waals surface area contributed by atoms with Crippen LogP contribution < -0.4 is 0 Å². The lowest BCUT2D eigenvalue weighted by Crippen LogP contribution is -2.27. The number of aliphatic hydroxyl groups is 1. The Morgan fingerprint density at radius 2 is 2.05 bits per heavy atom. The second kappa shape index (κ2) is 9.57. The Kier molecular flexibility index (Phi) is 7.92. The molecule has 3 nitrogen and oxygen atoms in total. The molecule has 19 heavy (non-hydrogen) atoms. The van der Waals surface area contributed by atoms with E-state index >= 15 is 0 Å². The van der Waals surface area contributed by atoms with Crippen LogP contribution in [0.25, 0.3) is 0 Å². The Bertz CT molecular complexity index is 420. The van der Waals surface area contributed by atoms with E-state index in [1.807, 2.05) is 25.1 Å². The van der Waals surface area contributed by atoms with Gasteiger partial charge in [0.15, 0.2) is 0 Å². The van der Waals surface area contributed by atoms with Crippen molar-refractivity contribution in [3.8, 4) is 11.8 Å². The Balaban J connectivity index is 2.68. The first kappa shape index (κ1) is 15.7. The SMILES string of the molecule is CCOCCN(CC)Cc1ccccc1C#CCO. The first-order valence-electron chi connectivity index (χ1n) is 6.79. The van der Waals surface area contributed by atoms with Crippen LogP contribution >= 0.6 is 0 Å². The normalized spacial score (nSPS) is 10.3. The molecule has 0 fully saturated rings. The highest BCUT2D eigenvalue weighted by molar-refractivity contribution is 5.41. The lowest BCUT2D eigenvalue weighted by molar-refractivity contribution is 0.113. The van der Waals surface area contributed by atoms with Gasteiger partial charge in [-0.05, 0) is 25.1 Å². The van der Waals surface area contributed by atoms with Gasteiger partial charge in [0.25, 0.3) is 0 Å². The first-order chi connectivity index (χ1) is 9.31. The lowest BCUT2D eigenvalue weighted by atomic mass is 10.1. The Labute approximate surface area is 116 Å². The fourth-order valence-corrected chi connectivity index (χ4v) is 1.84. The van der Waals surface area contributed by atoms with Crippen molar-refractivity contribution in [3.63, 3.8) is 0 Å². The smallest absolute Gasteiger partial charge is 0.104 e. The van der Waals surface area contributed by atoms with Crippen LogP contribution in [0.1, 0.15) is 25.0 Å². The van der Waals surface area contributed by atoms with Crippen molar-refractivity contribution in [2.75, 3.05) is 32.9 Å². The molecule has 0 heterocycles. The molecular formula is C16H23NO2. The summed E-state index contributed by atoms with van der Waals surface area (Å²) in [6.07, 6.45) is 0. The second-order valence-electron chi connectivity index (χ2n) is 4.18. The predicted octanol–water partition coefficient (Wildman–Crippen LogP) is 1.89. The minimum absolute atomic E-state index is 0.101. The number of rotatable bonds is 7. The van der Waals surface area contributed by atoms with Gasteiger partial charge < -0.3 is 9.84 Å². The highest BCUT2D eigenvalue weighted by Gasteiger charge is 2.06. The van der Waals surface area contributed by atoms with E-state index in [2.05, 4.69) is 29.7 Å². The van der Waals surface area contributed by atoms with Crippen LogP contribution in [0.2, 0.25) is 0 Å². The molecule has 1 aromatic rings. The Morgan fingerprint density at radius 1 is 1.26 bits per heavy atom. The topological polar surface area (TPSA) is 32.7 Å². The summed E-state index contributed by atoms with van der Waals surface area (Å²) in [6, 6.07) is 8.08. The molecule has 0 bridgehead atoms. The summed E-state index contributed by atoms with van der Waals surface area (Å²) < 4.78 is 5.40. The maximum absolute atomic E-state index is 8.79. The quantitative estimate of drug-likeness (QED) is 0.601. The molecule has 0 atom stereocenters. The highest BCUT2D eigenvalue weighted by Crippen LogP contribution is 2.10. The second-order valence-corrected chi connectivity index (χ2v) is 4.18. The van der Waals surface area contributed by atoms with Gasteiger partial charge in [0.1, 0.15) is 6.61 Å². The molecule has 0 aliphatic heterocycles. The zero-order chi connectivity index (χ0) is 13.9. The van der Waals surface area contributed by atoms with E-state index < -0.39 is 0 Å². The summed E-state index contributed by atoms with van der Waals surface area (Å²) in [5, 5.41) is 8.79. The number of aliphatic hydroxyl groups excluding tert-OH is 1. The van der Waals surface area contributed by atoms with Crippen LogP contribution in [-0.4, -0.2) is 42.9 Å². The van der Waals surface area contributed by atoms with Crippen LogP contribution in [-0.2, 0) is 11.3 Å². The fraction of sp³-hybridized carbons (Fsp3) is 0.500. The Hall–Kier alpha value is -1.34.